The van der Waals surface area contributed by atoms with Crippen molar-refractivity contribution in [2.45, 2.75) is 76.2 Å². The first-order valence-electron chi connectivity index (χ1n) is 15.0. The van der Waals surface area contributed by atoms with Crippen LogP contribution in [0.1, 0.15) is 56.0 Å². The number of hydrogen-bond acceptors (Lipinski definition) is 12. The molecular weight excluding hydrogens is 568 g/mol. The molecule has 2 fully saturated rings. The highest BCUT2D eigenvalue weighted by Crippen LogP contribution is 2.40. The van der Waals surface area contributed by atoms with Crippen LogP contribution in [-0.4, -0.2) is 94.8 Å². The minimum absolute atomic E-state index is 0.0402. The Morgan fingerprint density at radius 2 is 1.91 bits per heavy atom. The highest BCUT2D eigenvalue weighted by Gasteiger charge is 2.47. The van der Waals surface area contributed by atoms with Crippen molar-refractivity contribution in [2.24, 2.45) is 0 Å². The molecule has 234 valence electrons. The van der Waals surface area contributed by atoms with Crippen LogP contribution in [-0.2, 0) is 22.4 Å². The summed E-state index contributed by atoms with van der Waals surface area (Å²) in [6.45, 7) is 4.62. The number of aliphatic hydroxyl groups excluding tert-OH is 3. The number of carbonyl (C=O) groups is 1. The summed E-state index contributed by atoms with van der Waals surface area (Å²) >= 11 is 0. The zero-order valence-electron chi connectivity index (χ0n) is 24.7. The Kier molecular flexibility index (Phi) is 8.75. The van der Waals surface area contributed by atoms with Gasteiger partial charge in [-0.05, 0) is 31.2 Å². The van der Waals surface area contributed by atoms with E-state index in [0.717, 1.165) is 18.4 Å². The van der Waals surface area contributed by atoms with Gasteiger partial charge in [-0.25, -0.2) is 4.98 Å². The molecule has 0 unspecified atom stereocenters. The van der Waals surface area contributed by atoms with Crippen molar-refractivity contribution in [3.63, 3.8) is 0 Å². The number of amides is 1. The van der Waals surface area contributed by atoms with E-state index in [1.165, 1.54) is 6.33 Å². The van der Waals surface area contributed by atoms with E-state index in [0.29, 0.717) is 54.4 Å². The number of fused-ring (bicyclic) bond motifs is 1. The van der Waals surface area contributed by atoms with Crippen molar-refractivity contribution in [3.05, 3.63) is 59.7 Å². The smallest absolute Gasteiger partial charge is 0.227 e. The number of aryl methyl sites for hydroxylation is 1. The molecule has 0 bridgehead atoms. The van der Waals surface area contributed by atoms with Gasteiger partial charge >= 0.3 is 0 Å². The Labute approximate surface area is 254 Å². The number of rotatable bonds is 10. The monoisotopic (exact) mass is 606 g/mol. The van der Waals surface area contributed by atoms with Crippen molar-refractivity contribution in [1.82, 2.24) is 29.6 Å². The summed E-state index contributed by atoms with van der Waals surface area (Å²) in [5, 5.41) is 42.9. The molecule has 1 amide bonds. The molecule has 0 radical (unpaired) electrons. The van der Waals surface area contributed by atoms with Gasteiger partial charge in [-0.2, -0.15) is 9.97 Å². The van der Waals surface area contributed by atoms with Gasteiger partial charge in [0.1, 0.15) is 18.3 Å². The number of ether oxygens (including phenoxy) is 1. The number of nitrogens with zero attached hydrogens (tertiary/aromatic N) is 6. The van der Waals surface area contributed by atoms with E-state index in [1.807, 2.05) is 42.2 Å². The predicted molar refractivity (Wildman–Crippen MR) is 160 cm³/mol. The van der Waals surface area contributed by atoms with Crippen LogP contribution in [0.2, 0.25) is 0 Å². The van der Waals surface area contributed by atoms with Crippen LogP contribution < -0.4 is 10.6 Å². The second-order valence-electron chi connectivity index (χ2n) is 11.4. The first-order valence-corrected chi connectivity index (χ1v) is 15.0. The van der Waals surface area contributed by atoms with Gasteiger partial charge in [-0.1, -0.05) is 42.4 Å². The number of aliphatic hydroxyl groups is 3. The molecule has 2 aliphatic rings. The quantitative estimate of drug-likeness (QED) is 0.177. The highest BCUT2D eigenvalue weighted by atomic mass is 16.6. The normalized spacial score (nSPS) is 23.2. The molecule has 3 aromatic heterocycles. The summed E-state index contributed by atoms with van der Waals surface area (Å²) in [7, 11) is 0. The topological polar surface area (TPSA) is 184 Å². The largest absolute Gasteiger partial charge is 0.394 e. The van der Waals surface area contributed by atoms with Crippen LogP contribution in [0.3, 0.4) is 0 Å². The predicted octanol–water partition coefficient (Wildman–Crippen LogP) is 1.81. The molecule has 6 rings (SSSR count). The number of piperidine rings is 1. The molecule has 44 heavy (non-hydrogen) atoms. The summed E-state index contributed by atoms with van der Waals surface area (Å²) < 4.78 is 13.1. The van der Waals surface area contributed by atoms with Crippen LogP contribution in [0.4, 0.5) is 11.8 Å². The molecule has 14 nitrogen and oxygen atoms in total. The third-order valence-corrected chi connectivity index (χ3v) is 8.31. The minimum atomic E-state index is -1.31. The SMILES string of the molecule is CCc1cc([C@H]2O[C@@H](n3cnc4c(NC5CCN(C(C)=O)CC5)nc(N[C@H](CO)Cc5ccccc5)nc43)[C@H](O)[C@@H]2O)on1. The number of benzene rings is 1. The third kappa shape index (κ3) is 6.11. The second kappa shape index (κ2) is 12.9. The number of aromatic nitrogens is 5. The number of likely N-dealkylation sites (tertiary alicyclic amines) is 1. The van der Waals surface area contributed by atoms with Gasteiger partial charge in [0.15, 0.2) is 29.0 Å². The van der Waals surface area contributed by atoms with Crippen LogP contribution in [0.15, 0.2) is 47.2 Å². The number of anilines is 2. The average molecular weight is 607 g/mol. The molecule has 0 saturated carbocycles. The fourth-order valence-corrected chi connectivity index (χ4v) is 5.80. The van der Waals surface area contributed by atoms with Crippen LogP contribution in [0.5, 0.6) is 0 Å². The van der Waals surface area contributed by atoms with E-state index in [-0.39, 0.29) is 30.5 Å². The van der Waals surface area contributed by atoms with Gasteiger partial charge in [0.2, 0.25) is 11.9 Å². The van der Waals surface area contributed by atoms with E-state index in [4.69, 9.17) is 19.2 Å². The molecule has 5 heterocycles. The molecule has 2 aliphatic heterocycles. The summed E-state index contributed by atoms with van der Waals surface area (Å²) in [4.78, 5) is 27.7. The summed E-state index contributed by atoms with van der Waals surface area (Å²) in [6, 6.07) is 11.2. The second-order valence-corrected chi connectivity index (χ2v) is 11.4. The maximum Gasteiger partial charge on any atom is 0.227 e. The van der Waals surface area contributed by atoms with Crippen molar-refractivity contribution in [2.75, 3.05) is 30.3 Å². The van der Waals surface area contributed by atoms with Crippen LogP contribution in [0.25, 0.3) is 11.2 Å². The molecule has 2 saturated heterocycles. The average Bonchev–Trinajstić information content (AvgIpc) is 3.75. The first-order chi connectivity index (χ1) is 21.3. The summed E-state index contributed by atoms with van der Waals surface area (Å²) in [6.07, 6.45) is -0.386. The highest BCUT2D eigenvalue weighted by molar-refractivity contribution is 5.84. The van der Waals surface area contributed by atoms with E-state index >= 15 is 0 Å². The zero-order valence-corrected chi connectivity index (χ0v) is 24.7. The Morgan fingerprint density at radius 1 is 1.14 bits per heavy atom. The van der Waals surface area contributed by atoms with E-state index in [2.05, 4.69) is 20.8 Å². The van der Waals surface area contributed by atoms with Gasteiger partial charge < -0.3 is 40.1 Å². The number of carbonyl (C=O) groups excluding carboxylic acids is 1. The molecule has 14 heteroatoms. The van der Waals surface area contributed by atoms with Crippen molar-refractivity contribution in [3.8, 4) is 0 Å². The standard InChI is InChI=1S/C30H38N8O6/c1-3-19-14-22(44-36-19)26-24(41)25(42)29(43-26)38-16-31-23-27(32-20-9-11-37(12-10-20)17(2)40)34-30(35-28(23)38)33-21(15-39)13-18-7-5-4-6-8-18/h4-8,14,16,20-21,24-26,29,39,41-42H,3,9-13,15H2,1-2H3,(H2,32,33,34,35)/t21-,24-,25+,26+,29+/m0/s1. The fraction of sp³-hybridized carbons (Fsp3) is 0.500. The molecule has 1 aromatic carbocycles. The molecule has 5 atom stereocenters. The lowest BCUT2D eigenvalue weighted by atomic mass is 10.1. The maximum atomic E-state index is 11.8. The van der Waals surface area contributed by atoms with Gasteiger partial charge in [0.05, 0.1) is 24.7 Å². The summed E-state index contributed by atoms with van der Waals surface area (Å²) in [5.74, 6) is 1.10. The van der Waals surface area contributed by atoms with Gasteiger partial charge in [0.25, 0.3) is 0 Å². The van der Waals surface area contributed by atoms with Crippen molar-refractivity contribution in [1.29, 1.82) is 0 Å². The third-order valence-electron chi connectivity index (χ3n) is 8.31. The molecular formula is C30H38N8O6. The minimum Gasteiger partial charge on any atom is -0.394 e. The Morgan fingerprint density at radius 3 is 2.59 bits per heavy atom. The lowest BCUT2D eigenvalue weighted by Gasteiger charge is -2.32. The Balaban J connectivity index is 1.32. The Bertz CT molecular complexity index is 1570. The molecule has 0 aliphatic carbocycles. The number of imidazole rings is 1. The number of hydrogen-bond donors (Lipinski definition) is 5. The summed E-state index contributed by atoms with van der Waals surface area (Å²) in [5.41, 5.74) is 2.58. The molecule has 4 aromatic rings. The van der Waals surface area contributed by atoms with Crippen molar-refractivity contribution < 1.29 is 29.4 Å². The van der Waals surface area contributed by atoms with E-state index < -0.39 is 24.5 Å². The van der Waals surface area contributed by atoms with Gasteiger partial charge in [-0.15, -0.1) is 0 Å². The first kappa shape index (κ1) is 29.9. The fourth-order valence-electron chi connectivity index (χ4n) is 5.80. The van der Waals surface area contributed by atoms with Crippen LogP contribution in [0, 0.1) is 0 Å². The van der Waals surface area contributed by atoms with E-state index in [1.54, 1.807) is 17.6 Å². The lowest BCUT2D eigenvalue weighted by molar-refractivity contribution is -0.129. The van der Waals surface area contributed by atoms with Crippen LogP contribution >= 0.6 is 0 Å². The van der Waals surface area contributed by atoms with Gasteiger partial charge in [-0.3, -0.25) is 9.36 Å². The molecule has 0 spiro atoms. The van der Waals surface area contributed by atoms with Crippen molar-refractivity contribution >= 4 is 28.8 Å². The lowest BCUT2D eigenvalue weighted by Crippen LogP contribution is -2.41. The maximum absolute atomic E-state index is 11.8. The Hall–Kier alpha value is -4.11. The van der Waals surface area contributed by atoms with E-state index in [9.17, 15) is 20.1 Å². The molecule has 5 N–H and O–H groups in total. The number of nitrogens with one attached hydrogen (secondary N) is 2. The zero-order chi connectivity index (χ0) is 30.8. The van der Waals surface area contributed by atoms with Gasteiger partial charge in [0, 0.05) is 32.1 Å².